The van der Waals surface area contributed by atoms with Gasteiger partial charge in [-0.25, -0.2) is 4.79 Å². The van der Waals surface area contributed by atoms with E-state index >= 15 is 0 Å². The number of nitrogens with zero attached hydrogens (tertiary/aromatic N) is 1. The maximum absolute atomic E-state index is 11.9. The zero-order chi connectivity index (χ0) is 17.2. The van der Waals surface area contributed by atoms with E-state index in [0.717, 1.165) is 11.3 Å². The molecule has 24 heavy (non-hydrogen) atoms. The summed E-state index contributed by atoms with van der Waals surface area (Å²) in [7, 11) is 0. The Hall–Kier alpha value is -2.49. The van der Waals surface area contributed by atoms with Crippen molar-refractivity contribution in [3.63, 3.8) is 0 Å². The molecule has 126 valence electrons. The molecule has 4 nitrogen and oxygen atoms in total. The van der Waals surface area contributed by atoms with Crippen molar-refractivity contribution in [2.75, 3.05) is 13.1 Å². The van der Waals surface area contributed by atoms with Gasteiger partial charge in [-0.05, 0) is 44.0 Å². The van der Waals surface area contributed by atoms with Gasteiger partial charge in [-0.2, -0.15) is 0 Å². The minimum atomic E-state index is -0.462. The van der Waals surface area contributed by atoms with Crippen LogP contribution in [-0.4, -0.2) is 35.8 Å². The molecule has 1 heterocycles. The van der Waals surface area contributed by atoms with Crippen LogP contribution >= 0.6 is 0 Å². The van der Waals surface area contributed by atoms with Crippen LogP contribution in [0.3, 0.4) is 0 Å². The first-order valence-electron chi connectivity index (χ1n) is 8.21. The molecule has 2 aromatic rings. The van der Waals surface area contributed by atoms with Crippen molar-refractivity contribution < 1.29 is 14.3 Å². The fourth-order valence-electron chi connectivity index (χ4n) is 2.54. The van der Waals surface area contributed by atoms with Crippen LogP contribution in [0.2, 0.25) is 0 Å². The molecule has 0 radical (unpaired) electrons. The van der Waals surface area contributed by atoms with Gasteiger partial charge >= 0.3 is 6.09 Å². The molecule has 0 aromatic heterocycles. The number of hydrogen-bond acceptors (Lipinski definition) is 3. The minimum absolute atomic E-state index is 0.0279. The third-order valence-electron chi connectivity index (χ3n) is 3.76. The molecule has 1 amide bonds. The molecule has 0 atom stereocenters. The van der Waals surface area contributed by atoms with E-state index in [1.807, 2.05) is 51.1 Å². The number of ether oxygens (including phenoxy) is 2. The van der Waals surface area contributed by atoms with Gasteiger partial charge in [-0.1, -0.05) is 42.5 Å². The lowest BCUT2D eigenvalue weighted by atomic mass is 10.1. The van der Waals surface area contributed by atoms with Crippen LogP contribution in [0.15, 0.2) is 54.6 Å². The summed E-state index contributed by atoms with van der Waals surface area (Å²) in [5, 5.41) is 0. The predicted molar refractivity (Wildman–Crippen MR) is 94.1 cm³/mol. The monoisotopic (exact) mass is 325 g/mol. The van der Waals surface area contributed by atoms with Gasteiger partial charge in [0.1, 0.15) is 17.5 Å². The molecule has 2 aromatic carbocycles. The summed E-state index contributed by atoms with van der Waals surface area (Å²) in [5.74, 6) is 0.823. The highest BCUT2D eigenvalue weighted by Crippen LogP contribution is 2.24. The first-order valence-corrected chi connectivity index (χ1v) is 8.21. The Bertz CT molecular complexity index is 683. The standard InChI is InChI=1S/C20H23NO3/c1-20(2,3)24-19(22)21-13-18(14-21)23-17-11-9-16(10-12-17)15-7-5-4-6-8-15/h4-12,18H,13-14H2,1-3H3. The topological polar surface area (TPSA) is 38.8 Å². The zero-order valence-electron chi connectivity index (χ0n) is 14.4. The van der Waals surface area contributed by atoms with E-state index in [1.165, 1.54) is 5.56 Å². The van der Waals surface area contributed by atoms with Crippen LogP contribution < -0.4 is 4.74 Å². The quantitative estimate of drug-likeness (QED) is 0.842. The second-order valence-electron chi connectivity index (χ2n) is 7.02. The smallest absolute Gasteiger partial charge is 0.410 e. The average molecular weight is 325 g/mol. The Morgan fingerprint density at radius 3 is 2.12 bits per heavy atom. The molecule has 4 heteroatoms. The first-order chi connectivity index (χ1) is 11.4. The highest BCUT2D eigenvalue weighted by atomic mass is 16.6. The SMILES string of the molecule is CC(C)(C)OC(=O)N1CC(Oc2ccc(-c3ccccc3)cc2)C1. The lowest BCUT2D eigenvalue weighted by Gasteiger charge is -2.39. The van der Waals surface area contributed by atoms with Crippen molar-refractivity contribution in [2.45, 2.75) is 32.5 Å². The third-order valence-corrected chi connectivity index (χ3v) is 3.76. The van der Waals surface area contributed by atoms with Gasteiger partial charge in [0.2, 0.25) is 0 Å². The molecular formula is C20H23NO3. The molecule has 3 rings (SSSR count). The van der Waals surface area contributed by atoms with Crippen molar-refractivity contribution in [3.05, 3.63) is 54.6 Å². The molecule has 1 saturated heterocycles. The van der Waals surface area contributed by atoms with Gasteiger partial charge in [0.05, 0.1) is 13.1 Å². The molecule has 0 saturated carbocycles. The second-order valence-corrected chi connectivity index (χ2v) is 7.02. The van der Waals surface area contributed by atoms with Crippen LogP contribution in [0.1, 0.15) is 20.8 Å². The normalized spacial score (nSPS) is 14.9. The van der Waals surface area contributed by atoms with Gasteiger partial charge in [-0.15, -0.1) is 0 Å². The summed E-state index contributed by atoms with van der Waals surface area (Å²) >= 11 is 0. The largest absolute Gasteiger partial charge is 0.487 e. The lowest BCUT2D eigenvalue weighted by Crippen LogP contribution is -2.57. The molecule has 1 fully saturated rings. The Morgan fingerprint density at radius 2 is 1.54 bits per heavy atom. The van der Waals surface area contributed by atoms with Crippen molar-refractivity contribution >= 4 is 6.09 Å². The highest BCUT2D eigenvalue weighted by Gasteiger charge is 2.35. The Morgan fingerprint density at radius 1 is 0.958 bits per heavy atom. The maximum Gasteiger partial charge on any atom is 0.410 e. The van der Waals surface area contributed by atoms with E-state index in [2.05, 4.69) is 24.3 Å². The summed E-state index contributed by atoms with van der Waals surface area (Å²) in [5.41, 5.74) is 1.88. The maximum atomic E-state index is 11.9. The van der Waals surface area contributed by atoms with E-state index in [-0.39, 0.29) is 12.2 Å². The average Bonchev–Trinajstić information content (AvgIpc) is 2.50. The summed E-state index contributed by atoms with van der Waals surface area (Å²) in [6.45, 7) is 6.73. The number of carbonyl (C=O) groups is 1. The molecule has 0 bridgehead atoms. The molecule has 0 spiro atoms. The van der Waals surface area contributed by atoms with Crippen LogP contribution in [0.5, 0.6) is 5.75 Å². The Balaban J connectivity index is 1.51. The molecule has 1 aliphatic rings. The first kappa shape index (κ1) is 16.4. The van der Waals surface area contributed by atoms with Gasteiger partial charge < -0.3 is 14.4 Å². The zero-order valence-corrected chi connectivity index (χ0v) is 14.4. The van der Waals surface area contributed by atoms with Crippen LogP contribution in [0, 0.1) is 0 Å². The van der Waals surface area contributed by atoms with Crippen LogP contribution in [0.25, 0.3) is 11.1 Å². The van der Waals surface area contributed by atoms with Crippen molar-refractivity contribution in [1.29, 1.82) is 0 Å². The van der Waals surface area contributed by atoms with E-state index in [0.29, 0.717) is 13.1 Å². The van der Waals surface area contributed by atoms with Gasteiger partial charge in [0.25, 0.3) is 0 Å². The third kappa shape index (κ3) is 4.07. The number of rotatable bonds is 3. The van der Waals surface area contributed by atoms with Crippen molar-refractivity contribution in [2.24, 2.45) is 0 Å². The van der Waals surface area contributed by atoms with Gasteiger partial charge in [0, 0.05) is 0 Å². The minimum Gasteiger partial charge on any atom is -0.487 e. The number of benzene rings is 2. The van der Waals surface area contributed by atoms with Crippen LogP contribution in [-0.2, 0) is 4.74 Å². The fourth-order valence-corrected chi connectivity index (χ4v) is 2.54. The van der Waals surface area contributed by atoms with Crippen molar-refractivity contribution in [3.8, 4) is 16.9 Å². The number of hydrogen-bond donors (Lipinski definition) is 0. The number of amides is 1. The van der Waals surface area contributed by atoms with E-state index in [4.69, 9.17) is 9.47 Å². The molecular weight excluding hydrogens is 302 g/mol. The molecule has 0 aliphatic carbocycles. The van der Waals surface area contributed by atoms with Gasteiger partial charge in [-0.3, -0.25) is 0 Å². The summed E-state index contributed by atoms with van der Waals surface area (Å²) in [6.07, 6.45) is -0.248. The van der Waals surface area contributed by atoms with Crippen molar-refractivity contribution in [1.82, 2.24) is 4.90 Å². The molecule has 0 unspecified atom stereocenters. The molecule has 0 N–H and O–H groups in total. The van der Waals surface area contributed by atoms with Gasteiger partial charge in [0.15, 0.2) is 0 Å². The number of likely N-dealkylation sites (tertiary alicyclic amines) is 1. The summed E-state index contributed by atoms with van der Waals surface area (Å²) in [4.78, 5) is 13.5. The second kappa shape index (κ2) is 6.56. The highest BCUT2D eigenvalue weighted by molar-refractivity contribution is 5.69. The number of carbonyl (C=O) groups excluding carboxylic acids is 1. The molecule has 1 aliphatic heterocycles. The summed E-state index contributed by atoms with van der Waals surface area (Å²) in [6, 6.07) is 18.3. The summed E-state index contributed by atoms with van der Waals surface area (Å²) < 4.78 is 11.2. The van der Waals surface area contributed by atoms with Crippen LogP contribution in [0.4, 0.5) is 4.79 Å². The predicted octanol–water partition coefficient (Wildman–Crippen LogP) is 4.35. The Kier molecular flexibility index (Phi) is 4.47. The fraction of sp³-hybridized carbons (Fsp3) is 0.350. The van der Waals surface area contributed by atoms with E-state index < -0.39 is 5.60 Å². The van der Waals surface area contributed by atoms with E-state index in [9.17, 15) is 4.79 Å². The lowest BCUT2D eigenvalue weighted by molar-refractivity contribution is -0.0221. The Labute approximate surface area is 143 Å². The van der Waals surface area contributed by atoms with E-state index in [1.54, 1.807) is 4.90 Å².